The van der Waals surface area contributed by atoms with Crippen LogP contribution in [0.4, 0.5) is 13.2 Å². The molecular formula is C23H23F3. The molecule has 0 aromatic heterocycles. The van der Waals surface area contributed by atoms with Crippen LogP contribution >= 0.6 is 0 Å². The molecule has 3 heteroatoms. The van der Waals surface area contributed by atoms with E-state index < -0.39 is 11.6 Å². The van der Waals surface area contributed by atoms with Crippen LogP contribution in [-0.2, 0) is 6.42 Å². The molecule has 0 bridgehead atoms. The van der Waals surface area contributed by atoms with E-state index in [4.69, 9.17) is 0 Å². The van der Waals surface area contributed by atoms with Gasteiger partial charge in [0.05, 0.1) is 0 Å². The van der Waals surface area contributed by atoms with Gasteiger partial charge in [-0.1, -0.05) is 38.0 Å². The minimum absolute atomic E-state index is 0.114. The van der Waals surface area contributed by atoms with E-state index in [2.05, 4.69) is 13.5 Å². The molecule has 0 unspecified atom stereocenters. The van der Waals surface area contributed by atoms with Gasteiger partial charge in [0.15, 0.2) is 11.6 Å². The quantitative estimate of drug-likeness (QED) is 0.435. The second-order valence-corrected chi connectivity index (χ2v) is 7.76. The maximum atomic E-state index is 15.2. The van der Waals surface area contributed by atoms with Crippen LogP contribution in [0.3, 0.4) is 0 Å². The van der Waals surface area contributed by atoms with Gasteiger partial charge < -0.3 is 0 Å². The van der Waals surface area contributed by atoms with Crippen molar-refractivity contribution < 1.29 is 13.2 Å². The highest BCUT2D eigenvalue weighted by molar-refractivity contribution is 6.03. The fourth-order valence-corrected chi connectivity index (χ4v) is 4.46. The van der Waals surface area contributed by atoms with Crippen molar-refractivity contribution in [3.05, 3.63) is 59.4 Å². The number of benzene rings is 2. The Balaban J connectivity index is 1.73. The third-order valence-electron chi connectivity index (χ3n) is 6.07. The third-order valence-corrected chi connectivity index (χ3v) is 6.07. The Labute approximate surface area is 152 Å². The van der Waals surface area contributed by atoms with Gasteiger partial charge in [-0.25, -0.2) is 13.2 Å². The van der Waals surface area contributed by atoms with Gasteiger partial charge in [-0.2, -0.15) is 0 Å². The Morgan fingerprint density at radius 3 is 2.35 bits per heavy atom. The molecule has 0 atom stereocenters. The molecule has 136 valence electrons. The minimum Gasteiger partial charge on any atom is -0.206 e. The molecule has 1 saturated carbocycles. The lowest BCUT2D eigenvalue weighted by molar-refractivity contribution is 0.342. The molecule has 2 aromatic rings. The molecule has 0 aliphatic heterocycles. The van der Waals surface area contributed by atoms with Crippen LogP contribution in [-0.4, -0.2) is 0 Å². The summed E-state index contributed by atoms with van der Waals surface area (Å²) in [6.07, 6.45) is 6.76. The van der Waals surface area contributed by atoms with E-state index in [1.807, 2.05) is 12.1 Å². The maximum absolute atomic E-state index is 15.2. The molecule has 2 aliphatic carbocycles. The lowest BCUT2D eigenvalue weighted by atomic mass is 9.74. The normalized spacial score (nSPS) is 20.9. The van der Waals surface area contributed by atoms with Crippen LogP contribution in [0.5, 0.6) is 0 Å². The standard InChI is InChI=1S/C23H23F3/c1-3-4-5-15-12-18-17-11-10-16(14-8-6-13(2)7-9-14)22(25)19(17)20(18)23(26)21(15)24/h3,10-14H,1,4-9H2,2H3. The van der Waals surface area contributed by atoms with Crippen LogP contribution in [0.1, 0.15) is 56.1 Å². The fraction of sp³-hybridized carbons (Fsp3) is 0.391. The largest absolute Gasteiger partial charge is 0.206 e. The fourth-order valence-electron chi connectivity index (χ4n) is 4.46. The topological polar surface area (TPSA) is 0 Å². The Bertz CT molecular complexity index is 874. The van der Waals surface area contributed by atoms with Gasteiger partial charge in [0.1, 0.15) is 5.82 Å². The van der Waals surface area contributed by atoms with E-state index in [0.717, 1.165) is 25.7 Å². The van der Waals surface area contributed by atoms with Crippen molar-refractivity contribution in [2.75, 3.05) is 0 Å². The molecule has 1 fully saturated rings. The summed E-state index contributed by atoms with van der Waals surface area (Å²) >= 11 is 0. The Morgan fingerprint density at radius 1 is 0.962 bits per heavy atom. The summed E-state index contributed by atoms with van der Waals surface area (Å²) in [5, 5.41) is 0. The van der Waals surface area contributed by atoms with Gasteiger partial charge in [-0.05, 0) is 65.8 Å². The summed E-state index contributed by atoms with van der Waals surface area (Å²) in [5.74, 6) is -1.26. The molecule has 0 nitrogen and oxygen atoms in total. The van der Waals surface area contributed by atoms with E-state index in [1.165, 1.54) is 0 Å². The van der Waals surface area contributed by atoms with Crippen LogP contribution in [0.2, 0.25) is 0 Å². The predicted octanol–water partition coefficient (Wildman–Crippen LogP) is 7.16. The highest BCUT2D eigenvalue weighted by Gasteiger charge is 2.35. The molecule has 2 aromatic carbocycles. The van der Waals surface area contributed by atoms with E-state index in [-0.39, 0.29) is 22.9 Å². The zero-order valence-corrected chi connectivity index (χ0v) is 15.0. The first kappa shape index (κ1) is 17.4. The van der Waals surface area contributed by atoms with Crippen molar-refractivity contribution in [3.63, 3.8) is 0 Å². The number of halogens is 3. The average molecular weight is 356 g/mol. The van der Waals surface area contributed by atoms with Gasteiger partial charge in [-0.15, -0.1) is 6.58 Å². The van der Waals surface area contributed by atoms with E-state index in [9.17, 15) is 8.78 Å². The number of hydrogen-bond acceptors (Lipinski definition) is 0. The lowest BCUT2D eigenvalue weighted by Crippen LogP contribution is -2.15. The zero-order valence-electron chi connectivity index (χ0n) is 15.0. The summed E-state index contributed by atoms with van der Waals surface area (Å²) in [4.78, 5) is 0. The van der Waals surface area contributed by atoms with E-state index in [0.29, 0.717) is 41.0 Å². The third kappa shape index (κ3) is 2.60. The first-order valence-electron chi connectivity index (χ1n) is 9.47. The molecule has 26 heavy (non-hydrogen) atoms. The molecule has 0 N–H and O–H groups in total. The second-order valence-electron chi connectivity index (χ2n) is 7.76. The van der Waals surface area contributed by atoms with Gasteiger partial charge >= 0.3 is 0 Å². The first-order chi connectivity index (χ1) is 12.5. The molecule has 2 aliphatic rings. The monoisotopic (exact) mass is 356 g/mol. The summed E-state index contributed by atoms with van der Waals surface area (Å²) in [7, 11) is 0. The van der Waals surface area contributed by atoms with Crippen molar-refractivity contribution >= 4 is 0 Å². The van der Waals surface area contributed by atoms with Crippen molar-refractivity contribution in [2.45, 2.75) is 51.4 Å². The molecule has 0 spiro atoms. The maximum Gasteiger partial charge on any atom is 0.167 e. The number of hydrogen-bond donors (Lipinski definition) is 0. The summed E-state index contributed by atoms with van der Waals surface area (Å²) in [5.41, 5.74) is 2.70. The Hall–Kier alpha value is -2.03. The number of aryl methyl sites for hydroxylation is 1. The Morgan fingerprint density at radius 2 is 1.65 bits per heavy atom. The molecule has 0 saturated heterocycles. The minimum atomic E-state index is -0.914. The van der Waals surface area contributed by atoms with Gasteiger partial charge in [-0.3, -0.25) is 0 Å². The molecule has 0 heterocycles. The highest BCUT2D eigenvalue weighted by atomic mass is 19.2. The number of allylic oxidation sites excluding steroid dienone is 1. The zero-order chi connectivity index (χ0) is 18.4. The predicted molar refractivity (Wildman–Crippen MR) is 99.6 cm³/mol. The summed E-state index contributed by atoms with van der Waals surface area (Å²) in [6, 6.07) is 5.39. The Kier molecular flexibility index (Phi) is 4.42. The van der Waals surface area contributed by atoms with Crippen molar-refractivity contribution in [1.29, 1.82) is 0 Å². The van der Waals surface area contributed by atoms with Gasteiger partial charge in [0, 0.05) is 11.1 Å². The molecule has 4 rings (SSSR count). The van der Waals surface area contributed by atoms with Crippen molar-refractivity contribution in [2.24, 2.45) is 5.92 Å². The van der Waals surface area contributed by atoms with E-state index in [1.54, 1.807) is 12.1 Å². The number of fused-ring (bicyclic) bond motifs is 4. The summed E-state index contributed by atoms with van der Waals surface area (Å²) in [6.45, 7) is 5.85. The van der Waals surface area contributed by atoms with Gasteiger partial charge in [0.25, 0.3) is 0 Å². The van der Waals surface area contributed by atoms with Crippen LogP contribution in [0.25, 0.3) is 22.3 Å². The smallest absolute Gasteiger partial charge is 0.167 e. The molecular weight excluding hydrogens is 333 g/mol. The summed E-state index contributed by atoms with van der Waals surface area (Å²) < 4.78 is 44.2. The first-order valence-corrected chi connectivity index (χ1v) is 9.47. The SMILES string of the molecule is C=CCCc1cc2c(c(F)c1F)-c1c-2ccc(C2CCC(C)CC2)c1F. The van der Waals surface area contributed by atoms with E-state index >= 15 is 4.39 Å². The van der Waals surface area contributed by atoms with Crippen LogP contribution in [0, 0.1) is 23.4 Å². The van der Waals surface area contributed by atoms with Crippen LogP contribution < -0.4 is 0 Å². The number of rotatable bonds is 4. The highest BCUT2D eigenvalue weighted by Crippen LogP contribution is 2.53. The van der Waals surface area contributed by atoms with Crippen molar-refractivity contribution in [3.8, 4) is 22.3 Å². The molecule has 0 amide bonds. The molecule has 0 radical (unpaired) electrons. The lowest BCUT2D eigenvalue weighted by Gasteiger charge is -2.31. The van der Waals surface area contributed by atoms with Crippen LogP contribution in [0.15, 0.2) is 30.9 Å². The van der Waals surface area contributed by atoms with Crippen molar-refractivity contribution in [1.82, 2.24) is 0 Å². The van der Waals surface area contributed by atoms with Gasteiger partial charge in [0.2, 0.25) is 0 Å². The second kappa shape index (κ2) is 6.61. The average Bonchev–Trinajstić information content (AvgIpc) is 2.62.